The van der Waals surface area contributed by atoms with Crippen LogP contribution in [0.4, 0.5) is 4.79 Å². The average Bonchev–Trinajstić information content (AvgIpc) is 2.05. The van der Waals surface area contributed by atoms with Crippen molar-refractivity contribution in [3.63, 3.8) is 0 Å². The highest BCUT2D eigenvalue weighted by Gasteiger charge is 2.09. The predicted molar refractivity (Wildman–Crippen MR) is 44.5 cm³/mol. The van der Waals surface area contributed by atoms with Crippen LogP contribution in [0, 0.1) is 0 Å². The maximum Gasteiger partial charge on any atom is 0.403 e. The first-order chi connectivity index (χ1) is 5.79. The number of carbonyl (C=O) groups is 1. The van der Waals surface area contributed by atoms with E-state index < -0.39 is 5.43 Å². The van der Waals surface area contributed by atoms with Gasteiger partial charge in [-0.15, -0.1) is 0 Å². The number of morpholine rings is 1. The second-order valence-electron chi connectivity index (χ2n) is 2.54. The monoisotopic (exact) mass is 193 g/mol. The summed E-state index contributed by atoms with van der Waals surface area (Å²) in [5.41, 5.74) is -0.733. The molecule has 1 aliphatic rings. The van der Waals surface area contributed by atoms with Crippen LogP contribution in [0.2, 0.25) is 0 Å². The fourth-order valence-electron chi connectivity index (χ4n) is 1.08. The van der Waals surface area contributed by atoms with Gasteiger partial charge in [0.05, 0.1) is 13.2 Å². The highest BCUT2D eigenvalue weighted by Crippen LogP contribution is 1.96. The first-order valence-electron chi connectivity index (χ1n) is 3.91. The molecule has 0 radical (unpaired) electrons. The van der Waals surface area contributed by atoms with Crippen molar-refractivity contribution in [2.24, 2.45) is 0 Å². The Balaban J connectivity index is 2.01. The van der Waals surface area contributed by atoms with Crippen LogP contribution in [0.5, 0.6) is 0 Å². The number of carbonyl (C=O) groups excluding carboxylic acids is 1. The van der Waals surface area contributed by atoms with Gasteiger partial charge in [0, 0.05) is 31.2 Å². The first kappa shape index (κ1) is 9.77. The second-order valence-corrected chi connectivity index (χ2v) is 2.85. The number of nitrogens with zero attached hydrogens (tertiary/aromatic N) is 1. The van der Waals surface area contributed by atoms with E-state index >= 15 is 0 Å². The normalized spacial score (nSPS) is 19.1. The van der Waals surface area contributed by atoms with Gasteiger partial charge in [-0.05, 0) is 0 Å². The highest BCUT2D eigenvalue weighted by atomic mass is 35.5. The minimum atomic E-state index is -0.733. The van der Waals surface area contributed by atoms with Crippen LogP contribution in [0.1, 0.15) is 0 Å². The molecule has 1 saturated heterocycles. The summed E-state index contributed by atoms with van der Waals surface area (Å²) in [6.45, 7) is 4.42. The van der Waals surface area contributed by atoms with Crippen molar-refractivity contribution in [2.75, 3.05) is 39.5 Å². The molecule has 0 saturated carbocycles. The van der Waals surface area contributed by atoms with Crippen molar-refractivity contribution in [3.05, 3.63) is 0 Å². The molecular formula is C7H12ClNO3. The molecule has 1 rings (SSSR count). The van der Waals surface area contributed by atoms with Gasteiger partial charge < -0.3 is 9.47 Å². The van der Waals surface area contributed by atoms with Crippen molar-refractivity contribution in [1.29, 1.82) is 0 Å². The third kappa shape index (κ3) is 3.90. The van der Waals surface area contributed by atoms with Gasteiger partial charge in [0.2, 0.25) is 0 Å². The molecule has 0 bridgehead atoms. The minimum absolute atomic E-state index is 0.363. The van der Waals surface area contributed by atoms with E-state index in [0.717, 1.165) is 32.8 Å². The lowest BCUT2D eigenvalue weighted by atomic mass is 10.4. The molecule has 0 unspecified atom stereocenters. The summed E-state index contributed by atoms with van der Waals surface area (Å²) in [4.78, 5) is 12.4. The quantitative estimate of drug-likeness (QED) is 0.619. The Morgan fingerprint density at radius 2 is 2.17 bits per heavy atom. The van der Waals surface area contributed by atoms with E-state index in [1.807, 2.05) is 0 Å². The smallest absolute Gasteiger partial charge is 0.403 e. The standard InChI is InChI=1S/C7H12ClNO3/c8-7(10)12-6-3-9-1-4-11-5-2-9/h1-6H2. The summed E-state index contributed by atoms with van der Waals surface area (Å²) in [5, 5.41) is 0. The zero-order valence-corrected chi connectivity index (χ0v) is 7.55. The molecule has 5 heteroatoms. The first-order valence-corrected chi connectivity index (χ1v) is 4.29. The van der Waals surface area contributed by atoms with Gasteiger partial charge >= 0.3 is 5.43 Å². The Labute approximate surface area is 76.4 Å². The third-order valence-corrected chi connectivity index (χ3v) is 1.84. The topological polar surface area (TPSA) is 38.8 Å². The van der Waals surface area contributed by atoms with Crippen LogP contribution < -0.4 is 0 Å². The minimum Gasteiger partial charge on any atom is -0.452 e. The van der Waals surface area contributed by atoms with Crippen molar-refractivity contribution >= 4 is 17.0 Å². The molecule has 0 spiro atoms. The fraction of sp³-hybridized carbons (Fsp3) is 0.857. The molecule has 4 nitrogen and oxygen atoms in total. The van der Waals surface area contributed by atoms with E-state index in [-0.39, 0.29) is 0 Å². The van der Waals surface area contributed by atoms with Crippen molar-refractivity contribution in [2.45, 2.75) is 0 Å². The summed E-state index contributed by atoms with van der Waals surface area (Å²) in [6.07, 6.45) is 0. The van der Waals surface area contributed by atoms with Gasteiger partial charge in [-0.3, -0.25) is 4.90 Å². The average molecular weight is 194 g/mol. The summed E-state index contributed by atoms with van der Waals surface area (Å²) in [6, 6.07) is 0. The van der Waals surface area contributed by atoms with Crippen molar-refractivity contribution in [3.8, 4) is 0 Å². The maximum absolute atomic E-state index is 10.2. The van der Waals surface area contributed by atoms with E-state index in [1.165, 1.54) is 0 Å². The lowest BCUT2D eigenvalue weighted by molar-refractivity contribution is 0.0297. The summed E-state index contributed by atoms with van der Waals surface area (Å²) < 4.78 is 9.74. The lowest BCUT2D eigenvalue weighted by Gasteiger charge is -2.25. The van der Waals surface area contributed by atoms with Crippen LogP contribution >= 0.6 is 11.6 Å². The maximum atomic E-state index is 10.2. The molecule has 0 aromatic rings. The number of hydrogen-bond acceptors (Lipinski definition) is 4. The SMILES string of the molecule is O=C(Cl)OCCN1CCOCC1. The van der Waals surface area contributed by atoms with E-state index in [4.69, 9.17) is 16.3 Å². The van der Waals surface area contributed by atoms with Gasteiger partial charge in [-0.2, -0.15) is 0 Å². The van der Waals surface area contributed by atoms with Crippen molar-refractivity contribution in [1.82, 2.24) is 4.90 Å². The lowest BCUT2D eigenvalue weighted by Crippen LogP contribution is -2.38. The van der Waals surface area contributed by atoms with E-state index in [9.17, 15) is 4.79 Å². The van der Waals surface area contributed by atoms with E-state index in [2.05, 4.69) is 9.64 Å². The molecule has 1 aliphatic heterocycles. The molecule has 0 atom stereocenters. The Morgan fingerprint density at radius 1 is 1.50 bits per heavy atom. The van der Waals surface area contributed by atoms with Crippen LogP contribution in [0.25, 0.3) is 0 Å². The van der Waals surface area contributed by atoms with Crippen LogP contribution in [0.15, 0.2) is 0 Å². The van der Waals surface area contributed by atoms with Crippen LogP contribution in [-0.4, -0.2) is 49.8 Å². The number of ether oxygens (including phenoxy) is 2. The molecule has 1 heterocycles. The molecule has 1 fully saturated rings. The molecule has 12 heavy (non-hydrogen) atoms. The summed E-state index contributed by atoms with van der Waals surface area (Å²) in [7, 11) is 0. The van der Waals surface area contributed by atoms with Gasteiger partial charge in [0.25, 0.3) is 0 Å². The third-order valence-electron chi connectivity index (χ3n) is 1.73. The number of halogens is 1. The van der Waals surface area contributed by atoms with Gasteiger partial charge in [0.1, 0.15) is 6.61 Å². The molecule has 0 N–H and O–H groups in total. The summed E-state index contributed by atoms with van der Waals surface area (Å²) in [5.74, 6) is 0. The molecule has 0 aliphatic carbocycles. The second kappa shape index (κ2) is 5.35. The van der Waals surface area contributed by atoms with E-state index in [0.29, 0.717) is 6.61 Å². The molecule has 0 amide bonds. The Morgan fingerprint density at radius 3 is 2.75 bits per heavy atom. The highest BCUT2D eigenvalue weighted by molar-refractivity contribution is 6.61. The number of rotatable bonds is 3. The van der Waals surface area contributed by atoms with Crippen LogP contribution in [0.3, 0.4) is 0 Å². The molecule has 0 aromatic heterocycles. The van der Waals surface area contributed by atoms with Crippen molar-refractivity contribution < 1.29 is 14.3 Å². The van der Waals surface area contributed by atoms with Crippen LogP contribution in [-0.2, 0) is 9.47 Å². The van der Waals surface area contributed by atoms with Gasteiger partial charge in [0.15, 0.2) is 0 Å². The van der Waals surface area contributed by atoms with E-state index in [1.54, 1.807) is 0 Å². The number of hydrogen-bond donors (Lipinski definition) is 0. The predicted octanol–water partition coefficient (Wildman–Crippen LogP) is 0.694. The Kier molecular flexibility index (Phi) is 4.35. The Hall–Kier alpha value is -0.320. The summed E-state index contributed by atoms with van der Waals surface area (Å²) >= 11 is 4.99. The largest absolute Gasteiger partial charge is 0.452 e. The molecule has 0 aromatic carbocycles. The van der Waals surface area contributed by atoms with Gasteiger partial charge in [-0.25, -0.2) is 4.79 Å². The fourth-order valence-corrected chi connectivity index (χ4v) is 1.16. The zero-order chi connectivity index (χ0) is 8.81. The molecular weight excluding hydrogens is 182 g/mol. The molecule has 70 valence electrons. The zero-order valence-electron chi connectivity index (χ0n) is 6.79. The Bertz CT molecular complexity index is 148. The van der Waals surface area contributed by atoms with Gasteiger partial charge in [-0.1, -0.05) is 0 Å².